The lowest BCUT2D eigenvalue weighted by Gasteiger charge is -2.31. The maximum absolute atomic E-state index is 14.1. The van der Waals surface area contributed by atoms with E-state index in [4.69, 9.17) is 0 Å². The van der Waals surface area contributed by atoms with Crippen LogP contribution in [0, 0.1) is 0 Å². The molecule has 13 heteroatoms. The van der Waals surface area contributed by atoms with E-state index in [1.165, 1.54) is 18.2 Å². The summed E-state index contributed by atoms with van der Waals surface area (Å²) in [6.07, 6.45) is -4.22. The van der Waals surface area contributed by atoms with Crippen molar-refractivity contribution in [1.82, 2.24) is 10.3 Å². The van der Waals surface area contributed by atoms with Crippen LogP contribution < -0.4 is 10.6 Å². The van der Waals surface area contributed by atoms with Crippen LogP contribution in [0.4, 0.5) is 18.3 Å². The third-order valence-electron chi connectivity index (χ3n) is 4.29. The van der Waals surface area contributed by atoms with Crippen molar-refractivity contribution in [2.45, 2.75) is 23.5 Å². The Bertz CT molecular complexity index is 1170. The minimum atomic E-state index is -5.21. The van der Waals surface area contributed by atoms with Crippen LogP contribution in [-0.2, 0) is 24.2 Å². The SMILES string of the molecule is COC(=O)C1=C(C)NC(=O)[C@@]1(Nc1nc2ccc(S(C)(=O)=O)cc2s1)C(F)(F)F. The Morgan fingerprint density at radius 3 is 2.55 bits per heavy atom. The Hall–Kier alpha value is -2.67. The molecule has 156 valence electrons. The molecule has 0 saturated heterocycles. The largest absolute Gasteiger partial charge is 0.466 e. The Labute approximate surface area is 166 Å². The van der Waals surface area contributed by atoms with Gasteiger partial charge >= 0.3 is 12.1 Å². The lowest BCUT2D eigenvalue weighted by molar-refractivity contribution is -0.178. The van der Waals surface area contributed by atoms with E-state index in [2.05, 4.69) is 9.72 Å². The number of sulfone groups is 1. The smallest absolute Gasteiger partial charge is 0.425 e. The molecule has 1 atom stereocenters. The first-order chi connectivity index (χ1) is 13.3. The molecule has 1 aliphatic heterocycles. The molecule has 0 aliphatic carbocycles. The summed E-state index contributed by atoms with van der Waals surface area (Å²) < 4.78 is 70.3. The van der Waals surface area contributed by atoms with Gasteiger partial charge in [0.1, 0.15) is 5.57 Å². The normalized spacial score (nSPS) is 20.1. The number of carbonyl (C=O) groups excluding carboxylic acids is 2. The van der Waals surface area contributed by atoms with E-state index in [0.29, 0.717) is 11.3 Å². The van der Waals surface area contributed by atoms with Gasteiger partial charge in [-0.15, -0.1) is 0 Å². The quantitative estimate of drug-likeness (QED) is 0.686. The first-order valence-corrected chi connectivity index (χ1v) is 10.6. The number of halogens is 3. The topological polar surface area (TPSA) is 114 Å². The second-order valence-electron chi connectivity index (χ2n) is 6.24. The number of ether oxygens (including phenoxy) is 1. The highest BCUT2D eigenvalue weighted by Crippen LogP contribution is 2.44. The average Bonchev–Trinajstić information content (AvgIpc) is 3.10. The van der Waals surface area contributed by atoms with Gasteiger partial charge in [0.15, 0.2) is 15.0 Å². The molecule has 0 fully saturated rings. The fourth-order valence-corrected chi connectivity index (χ4v) is 4.62. The molecule has 0 spiro atoms. The zero-order chi connectivity index (χ0) is 21.8. The standard InChI is InChI=1S/C16H14F3N3O5S2/c1-7-11(12(23)27-2)15(13(24)20-7,16(17,18)19)22-14-21-9-5-4-8(29(3,25)26)6-10(9)28-14/h4-6H,1-3H3,(H,20,24)(H,21,22)/t15-/m1/s1. The van der Waals surface area contributed by atoms with E-state index < -0.39 is 39.0 Å². The first-order valence-electron chi connectivity index (χ1n) is 7.88. The number of anilines is 1. The van der Waals surface area contributed by atoms with Crippen molar-refractivity contribution >= 4 is 48.4 Å². The fourth-order valence-electron chi connectivity index (χ4n) is 2.94. The van der Waals surface area contributed by atoms with E-state index in [-0.39, 0.29) is 25.9 Å². The molecule has 1 aromatic heterocycles. The molecule has 1 aliphatic rings. The third kappa shape index (κ3) is 3.33. The molecule has 8 nitrogen and oxygen atoms in total. The molecule has 2 N–H and O–H groups in total. The minimum absolute atomic E-state index is 0.0321. The van der Waals surface area contributed by atoms with E-state index in [0.717, 1.165) is 20.3 Å². The highest BCUT2D eigenvalue weighted by atomic mass is 32.2. The highest BCUT2D eigenvalue weighted by molar-refractivity contribution is 7.90. The summed E-state index contributed by atoms with van der Waals surface area (Å²) in [6.45, 7) is 1.15. The summed E-state index contributed by atoms with van der Waals surface area (Å²) in [6, 6.07) is 3.88. The summed E-state index contributed by atoms with van der Waals surface area (Å²) in [7, 11) is -2.64. The average molecular weight is 449 g/mol. The number of benzene rings is 1. The van der Waals surface area contributed by atoms with Gasteiger partial charge in [-0.3, -0.25) is 4.79 Å². The number of fused-ring (bicyclic) bond motifs is 1. The van der Waals surface area contributed by atoms with E-state index >= 15 is 0 Å². The zero-order valence-electron chi connectivity index (χ0n) is 15.2. The summed E-state index contributed by atoms with van der Waals surface area (Å²) >= 11 is 0.712. The summed E-state index contributed by atoms with van der Waals surface area (Å²) in [5, 5.41) is 3.74. The number of allylic oxidation sites excluding steroid dienone is 1. The van der Waals surface area contributed by atoms with Crippen LogP contribution >= 0.6 is 11.3 Å². The van der Waals surface area contributed by atoms with E-state index in [9.17, 15) is 31.2 Å². The molecule has 0 saturated carbocycles. The molecule has 0 unspecified atom stereocenters. The number of rotatable bonds is 4. The number of nitrogens with one attached hydrogen (secondary N) is 2. The Morgan fingerprint density at radius 2 is 2.00 bits per heavy atom. The van der Waals surface area contributed by atoms with Crippen molar-refractivity contribution in [2.75, 3.05) is 18.7 Å². The number of hydrogen-bond donors (Lipinski definition) is 2. The van der Waals surface area contributed by atoms with Gasteiger partial charge in [0.25, 0.3) is 5.91 Å². The van der Waals surface area contributed by atoms with Crippen molar-refractivity contribution < 1.29 is 35.9 Å². The van der Waals surface area contributed by atoms with Gasteiger partial charge in [-0.1, -0.05) is 11.3 Å². The van der Waals surface area contributed by atoms with Gasteiger partial charge < -0.3 is 15.4 Å². The molecule has 3 rings (SSSR count). The zero-order valence-corrected chi connectivity index (χ0v) is 16.8. The predicted octanol–water partition coefficient (Wildman–Crippen LogP) is 1.99. The number of nitrogens with zero attached hydrogens (tertiary/aromatic N) is 1. The van der Waals surface area contributed by atoms with Gasteiger partial charge in [-0.2, -0.15) is 13.2 Å². The summed E-state index contributed by atoms with van der Waals surface area (Å²) in [5.41, 5.74) is -4.40. The van der Waals surface area contributed by atoms with Gasteiger partial charge in [-0.05, 0) is 25.1 Å². The Kier molecular flexibility index (Phi) is 4.86. The lowest BCUT2D eigenvalue weighted by Crippen LogP contribution is -2.60. The monoisotopic (exact) mass is 449 g/mol. The van der Waals surface area contributed by atoms with Crippen LogP contribution in [0.1, 0.15) is 6.92 Å². The van der Waals surface area contributed by atoms with E-state index in [1.807, 2.05) is 10.6 Å². The lowest BCUT2D eigenvalue weighted by atomic mass is 9.89. The first kappa shape index (κ1) is 21.0. The predicted molar refractivity (Wildman–Crippen MR) is 98.0 cm³/mol. The maximum Gasteiger partial charge on any atom is 0.425 e. The molecular weight excluding hydrogens is 435 g/mol. The summed E-state index contributed by atoms with van der Waals surface area (Å²) in [5.74, 6) is -2.83. The molecule has 2 aromatic rings. The minimum Gasteiger partial charge on any atom is -0.466 e. The number of methoxy groups -OCH3 is 1. The maximum atomic E-state index is 14.1. The molecule has 1 aromatic carbocycles. The Morgan fingerprint density at radius 1 is 1.34 bits per heavy atom. The van der Waals surface area contributed by atoms with Crippen molar-refractivity contribution in [3.8, 4) is 0 Å². The van der Waals surface area contributed by atoms with Crippen LogP contribution in [-0.4, -0.2) is 50.4 Å². The number of alkyl halides is 3. The number of carbonyl (C=O) groups is 2. The summed E-state index contributed by atoms with van der Waals surface area (Å²) in [4.78, 5) is 28.4. The van der Waals surface area contributed by atoms with Gasteiger partial charge in [-0.25, -0.2) is 18.2 Å². The molecule has 2 heterocycles. The van der Waals surface area contributed by atoms with Crippen LogP contribution in [0.5, 0.6) is 0 Å². The van der Waals surface area contributed by atoms with Crippen molar-refractivity contribution in [3.63, 3.8) is 0 Å². The Balaban J connectivity index is 2.16. The number of aromatic nitrogens is 1. The molecule has 1 amide bonds. The third-order valence-corrected chi connectivity index (χ3v) is 6.33. The van der Waals surface area contributed by atoms with Crippen LogP contribution in [0.2, 0.25) is 0 Å². The second kappa shape index (κ2) is 6.69. The number of amides is 1. The number of thiazole rings is 1. The number of esters is 1. The molecule has 0 bridgehead atoms. The van der Waals surface area contributed by atoms with Crippen LogP contribution in [0.3, 0.4) is 0 Å². The fraction of sp³-hybridized carbons (Fsp3) is 0.312. The second-order valence-corrected chi connectivity index (χ2v) is 9.29. The van der Waals surface area contributed by atoms with Crippen LogP contribution in [0.25, 0.3) is 10.2 Å². The molecular formula is C16H14F3N3O5S2. The van der Waals surface area contributed by atoms with Gasteiger partial charge in [0.2, 0.25) is 5.54 Å². The van der Waals surface area contributed by atoms with Crippen molar-refractivity contribution in [3.05, 3.63) is 29.5 Å². The van der Waals surface area contributed by atoms with Crippen molar-refractivity contribution in [1.29, 1.82) is 0 Å². The number of hydrogen-bond acceptors (Lipinski definition) is 8. The van der Waals surface area contributed by atoms with Gasteiger partial charge in [0.05, 0.1) is 22.2 Å². The van der Waals surface area contributed by atoms with E-state index in [1.54, 1.807) is 0 Å². The van der Waals surface area contributed by atoms with Crippen molar-refractivity contribution in [2.24, 2.45) is 0 Å². The van der Waals surface area contributed by atoms with Crippen LogP contribution in [0.15, 0.2) is 34.4 Å². The molecule has 0 radical (unpaired) electrons. The van der Waals surface area contributed by atoms with Gasteiger partial charge in [0, 0.05) is 12.0 Å². The highest BCUT2D eigenvalue weighted by Gasteiger charge is 2.68. The molecule has 29 heavy (non-hydrogen) atoms.